The molecule has 2 rings (SSSR count). The molecule has 0 aromatic rings. The molecule has 0 atom stereocenters. The van der Waals surface area contributed by atoms with E-state index in [2.05, 4.69) is 5.11 Å². The predicted octanol–water partition coefficient (Wildman–Crippen LogP) is 1.81. The number of carbonyl (C=O) groups excluding carboxylic acids is 1. The molecular weight excluding hydrogens is 258 g/mol. The SMILES string of the molecule is N=C1C=CC(=C2C=CC(=O)C=C2)N=[N+]1CCCC(=O)O. The first-order valence-corrected chi connectivity index (χ1v) is 6.18. The molecule has 0 unspecified atom stereocenters. The van der Waals surface area contributed by atoms with Crippen LogP contribution in [0.15, 0.2) is 52.8 Å². The second-order valence-corrected chi connectivity index (χ2v) is 4.35. The summed E-state index contributed by atoms with van der Waals surface area (Å²) in [6, 6.07) is 0. The molecule has 102 valence electrons. The lowest BCUT2D eigenvalue weighted by Gasteiger charge is -2.08. The van der Waals surface area contributed by atoms with Crippen LogP contribution in [0.5, 0.6) is 0 Å². The first-order chi connectivity index (χ1) is 9.56. The summed E-state index contributed by atoms with van der Waals surface area (Å²) in [6.45, 7) is 0.374. The standard InChI is InChI=1S/C14H13N3O3/c15-13-8-7-12(10-3-5-11(18)6-4-10)16-17(13)9-1-2-14(19)20/h3-8,15H,1-2,9H2/p+1. The highest BCUT2D eigenvalue weighted by Crippen LogP contribution is 2.17. The molecule has 20 heavy (non-hydrogen) atoms. The van der Waals surface area contributed by atoms with Gasteiger partial charge in [0.1, 0.15) is 12.2 Å². The van der Waals surface area contributed by atoms with Crippen molar-refractivity contribution in [3.8, 4) is 0 Å². The van der Waals surface area contributed by atoms with E-state index in [1.807, 2.05) is 0 Å². The van der Waals surface area contributed by atoms with E-state index in [1.54, 1.807) is 24.3 Å². The van der Waals surface area contributed by atoms with Gasteiger partial charge >= 0.3 is 11.8 Å². The lowest BCUT2D eigenvalue weighted by atomic mass is 10.1. The molecule has 0 radical (unpaired) electrons. The number of carbonyl (C=O) groups is 2. The number of hydrogen-bond acceptors (Lipinski definition) is 4. The number of ketones is 1. The molecule has 0 spiro atoms. The number of aliphatic carboxylic acids is 1. The summed E-state index contributed by atoms with van der Waals surface area (Å²) in [6.07, 6.45) is 10.0. The van der Waals surface area contributed by atoms with Crippen molar-refractivity contribution in [2.45, 2.75) is 12.8 Å². The van der Waals surface area contributed by atoms with E-state index in [0.29, 0.717) is 18.7 Å². The number of carboxylic acid groups (broad SMARTS) is 1. The van der Waals surface area contributed by atoms with Crippen LogP contribution in [-0.4, -0.2) is 33.9 Å². The molecule has 1 heterocycles. The Morgan fingerprint density at radius 1 is 1.20 bits per heavy atom. The van der Waals surface area contributed by atoms with E-state index in [0.717, 1.165) is 5.57 Å². The molecule has 0 saturated carbocycles. The highest BCUT2D eigenvalue weighted by molar-refractivity contribution is 6.01. The van der Waals surface area contributed by atoms with Gasteiger partial charge in [0.2, 0.25) is 0 Å². The lowest BCUT2D eigenvalue weighted by Crippen LogP contribution is -2.21. The zero-order valence-electron chi connectivity index (χ0n) is 10.7. The highest BCUT2D eigenvalue weighted by Gasteiger charge is 2.17. The fourth-order valence-electron chi connectivity index (χ4n) is 1.79. The Bertz CT molecular complexity index is 604. The summed E-state index contributed by atoms with van der Waals surface area (Å²) in [5.41, 5.74) is 1.44. The first-order valence-electron chi connectivity index (χ1n) is 6.18. The van der Waals surface area contributed by atoms with Gasteiger partial charge < -0.3 is 5.11 Å². The van der Waals surface area contributed by atoms with Crippen molar-refractivity contribution >= 4 is 17.6 Å². The molecule has 2 aliphatic rings. The Hall–Kier alpha value is -2.63. The molecule has 6 heteroatoms. The maximum Gasteiger partial charge on any atom is 0.335 e. The second-order valence-electron chi connectivity index (χ2n) is 4.35. The minimum Gasteiger partial charge on any atom is -0.481 e. The Kier molecular flexibility index (Phi) is 4.14. The average molecular weight is 272 g/mol. The van der Waals surface area contributed by atoms with E-state index >= 15 is 0 Å². The number of nitrogens with zero attached hydrogens (tertiary/aromatic N) is 2. The molecule has 0 amide bonds. The van der Waals surface area contributed by atoms with Gasteiger partial charge in [0.05, 0.1) is 0 Å². The quantitative estimate of drug-likeness (QED) is 0.764. The van der Waals surface area contributed by atoms with Gasteiger partial charge in [-0.2, -0.15) is 0 Å². The molecule has 1 aliphatic carbocycles. The van der Waals surface area contributed by atoms with Crippen molar-refractivity contribution in [3.63, 3.8) is 0 Å². The van der Waals surface area contributed by atoms with Gasteiger partial charge in [0.25, 0.3) is 0 Å². The molecule has 0 aromatic heterocycles. The third-order valence-corrected chi connectivity index (χ3v) is 2.82. The van der Waals surface area contributed by atoms with E-state index in [4.69, 9.17) is 10.5 Å². The van der Waals surface area contributed by atoms with Crippen molar-refractivity contribution in [2.24, 2.45) is 5.11 Å². The summed E-state index contributed by atoms with van der Waals surface area (Å²) in [5.74, 6) is -0.709. The highest BCUT2D eigenvalue weighted by atomic mass is 16.4. The first kappa shape index (κ1) is 13.8. The summed E-state index contributed by atoms with van der Waals surface area (Å²) < 4.78 is 1.46. The fourth-order valence-corrected chi connectivity index (χ4v) is 1.79. The summed E-state index contributed by atoms with van der Waals surface area (Å²) in [7, 11) is 0. The molecule has 2 N–H and O–H groups in total. The number of amidine groups is 1. The summed E-state index contributed by atoms with van der Waals surface area (Å²) in [5, 5.41) is 20.7. The van der Waals surface area contributed by atoms with Crippen LogP contribution in [-0.2, 0) is 9.59 Å². The van der Waals surface area contributed by atoms with Crippen LogP contribution in [0.25, 0.3) is 0 Å². The van der Waals surface area contributed by atoms with Crippen LogP contribution in [0.3, 0.4) is 0 Å². The minimum absolute atomic E-state index is 0.0449. The van der Waals surface area contributed by atoms with Gasteiger partial charge in [0, 0.05) is 18.1 Å². The lowest BCUT2D eigenvalue weighted by molar-refractivity contribution is -0.481. The van der Waals surface area contributed by atoms with Crippen LogP contribution in [0.1, 0.15) is 12.8 Å². The molecule has 6 nitrogen and oxygen atoms in total. The maximum absolute atomic E-state index is 11.1. The number of hydrogen-bond donors (Lipinski definition) is 2. The molecule has 0 saturated heterocycles. The van der Waals surface area contributed by atoms with Gasteiger partial charge in [-0.15, -0.1) is 4.70 Å². The van der Waals surface area contributed by atoms with E-state index < -0.39 is 5.97 Å². The van der Waals surface area contributed by atoms with Gasteiger partial charge in [-0.3, -0.25) is 9.59 Å². The summed E-state index contributed by atoms with van der Waals surface area (Å²) in [4.78, 5) is 21.6. The van der Waals surface area contributed by atoms with Crippen molar-refractivity contribution in [2.75, 3.05) is 6.54 Å². The number of rotatable bonds is 4. The third-order valence-electron chi connectivity index (χ3n) is 2.82. The largest absolute Gasteiger partial charge is 0.481 e. The van der Waals surface area contributed by atoms with Crippen LogP contribution < -0.4 is 0 Å². The van der Waals surface area contributed by atoms with Gasteiger partial charge in [-0.1, -0.05) is 10.5 Å². The topological polar surface area (TPSA) is 93.6 Å². The van der Waals surface area contributed by atoms with Gasteiger partial charge in [-0.05, 0) is 36.8 Å². The van der Waals surface area contributed by atoms with Crippen LogP contribution in [0, 0.1) is 5.41 Å². The molecule has 0 bridgehead atoms. The fraction of sp³-hybridized carbons (Fsp3) is 0.214. The van der Waals surface area contributed by atoms with Crippen molar-refractivity contribution in [3.05, 3.63) is 47.7 Å². The van der Waals surface area contributed by atoms with Gasteiger partial charge in [-0.25, -0.2) is 0 Å². The molecule has 1 aliphatic heterocycles. The molecule has 0 fully saturated rings. The Morgan fingerprint density at radius 2 is 1.90 bits per heavy atom. The van der Waals surface area contributed by atoms with E-state index in [-0.39, 0.29) is 18.0 Å². The monoisotopic (exact) mass is 272 g/mol. The van der Waals surface area contributed by atoms with Crippen molar-refractivity contribution < 1.29 is 19.4 Å². The van der Waals surface area contributed by atoms with Gasteiger partial charge in [0.15, 0.2) is 5.78 Å². The number of azo groups is 2. The Labute approximate surface area is 115 Å². The third kappa shape index (κ3) is 3.44. The van der Waals surface area contributed by atoms with Crippen LogP contribution in [0.4, 0.5) is 0 Å². The zero-order valence-corrected chi connectivity index (χ0v) is 10.7. The number of allylic oxidation sites excluding steroid dienone is 6. The molecule has 0 aromatic carbocycles. The number of carboxylic acids is 1. The predicted molar refractivity (Wildman–Crippen MR) is 71.6 cm³/mol. The van der Waals surface area contributed by atoms with Crippen LogP contribution in [0.2, 0.25) is 0 Å². The zero-order chi connectivity index (χ0) is 14.5. The van der Waals surface area contributed by atoms with Crippen molar-refractivity contribution in [1.29, 1.82) is 5.41 Å². The Morgan fingerprint density at radius 3 is 2.55 bits per heavy atom. The van der Waals surface area contributed by atoms with Crippen LogP contribution >= 0.6 is 0 Å². The smallest absolute Gasteiger partial charge is 0.335 e. The maximum atomic E-state index is 11.1. The summed E-state index contributed by atoms with van der Waals surface area (Å²) >= 11 is 0. The van der Waals surface area contributed by atoms with E-state index in [1.165, 1.54) is 16.8 Å². The van der Waals surface area contributed by atoms with Crippen molar-refractivity contribution in [1.82, 2.24) is 0 Å². The minimum atomic E-state index is -0.862. The normalized spacial score (nSPS) is 17.7. The average Bonchev–Trinajstić information content (AvgIpc) is 2.41. The second kappa shape index (κ2) is 6.01. The van der Waals surface area contributed by atoms with E-state index in [9.17, 15) is 9.59 Å². The Balaban J connectivity index is 2.16. The molecular formula is C14H14N3O3+. The number of nitrogens with one attached hydrogen (secondary N) is 1.